The molecular formula is C17H32O3. The number of allylic oxidation sites excluding steroid dienone is 2. The number of hydrogen-bond donors (Lipinski definition) is 0. The highest BCUT2D eigenvalue weighted by atomic mass is 16.7. The van der Waals surface area contributed by atoms with Crippen LogP contribution in [0.25, 0.3) is 0 Å². The van der Waals surface area contributed by atoms with Crippen molar-refractivity contribution in [2.45, 2.75) is 78.1 Å². The Labute approximate surface area is 124 Å². The van der Waals surface area contributed by atoms with Crippen molar-refractivity contribution in [3.05, 3.63) is 11.8 Å². The van der Waals surface area contributed by atoms with Gasteiger partial charge in [0.1, 0.15) is 0 Å². The highest BCUT2D eigenvalue weighted by molar-refractivity contribution is 5.69. The number of hydrogen-bond acceptors (Lipinski definition) is 3. The molecule has 0 atom stereocenters. The van der Waals surface area contributed by atoms with Crippen molar-refractivity contribution in [2.75, 3.05) is 13.4 Å². The van der Waals surface area contributed by atoms with Gasteiger partial charge in [0.15, 0.2) is 18.8 Å². The fraction of sp³-hybridized carbons (Fsp3) is 0.824. The fourth-order valence-corrected chi connectivity index (χ4v) is 1.93. The van der Waals surface area contributed by atoms with Crippen molar-refractivity contribution < 1.29 is 14.3 Å². The van der Waals surface area contributed by atoms with Gasteiger partial charge < -0.3 is 9.47 Å². The molecule has 0 aliphatic heterocycles. The van der Waals surface area contributed by atoms with Crippen molar-refractivity contribution in [3.8, 4) is 0 Å². The van der Waals surface area contributed by atoms with E-state index in [0.29, 0.717) is 12.4 Å². The van der Waals surface area contributed by atoms with Gasteiger partial charge in [0.05, 0.1) is 6.61 Å². The maximum atomic E-state index is 10.8. The number of unbranched alkanes of at least 4 members (excludes halogenated alkanes) is 8. The molecule has 3 nitrogen and oxygen atoms in total. The normalized spacial score (nSPS) is 11.6. The van der Waals surface area contributed by atoms with Crippen molar-refractivity contribution in [2.24, 2.45) is 0 Å². The van der Waals surface area contributed by atoms with Crippen LogP contribution in [0.4, 0.5) is 0 Å². The quantitative estimate of drug-likeness (QED) is 0.139. The topological polar surface area (TPSA) is 35.5 Å². The zero-order chi connectivity index (χ0) is 14.9. The summed E-state index contributed by atoms with van der Waals surface area (Å²) < 4.78 is 10.6. The van der Waals surface area contributed by atoms with E-state index in [1.165, 1.54) is 44.9 Å². The summed E-state index contributed by atoms with van der Waals surface area (Å²) in [5.74, 6) is 0.411. The van der Waals surface area contributed by atoms with E-state index in [1.54, 1.807) is 0 Å². The van der Waals surface area contributed by atoms with Gasteiger partial charge in [-0.1, -0.05) is 58.8 Å². The Hall–Kier alpha value is -0.830. The van der Waals surface area contributed by atoms with E-state index < -0.39 is 0 Å². The van der Waals surface area contributed by atoms with Gasteiger partial charge in [-0.2, -0.15) is 0 Å². The Kier molecular flexibility index (Phi) is 15.6. The Morgan fingerprint density at radius 2 is 1.55 bits per heavy atom. The van der Waals surface area contributed by atoms with Gasteiger partial charge in [0.2, 0.25) is 0 Å². The average Bonchev–Trinajstić information content (AvgIpc) is 2.47. The summed E-state index contributed by atoms with van der Waals surface area (Å²) in [6.45, 7) is 5.27. The molecule has 0 aliphatic rings. The molecule has 0 rings (SSSR count). The number of rotatable bonds is 15. The molecule has 0 spiro atoms. The lowest BCUT2D eigenvalue weighted by Crippen LogP contribution is -2.02. The molecule has 0 aromatic rings. The number of carbonyl (C=O) groups excluding carboxylic acids is 1. The van der Waals surface area contributed by atoms with Gasteiger partial charge in [-0.3, -0.25) is 4.79 Å². The second kappa shape index (κ2) is 16.2. The van der Waals surface area contributed by atoms with E-state index in [-0.39, 0.29) is 6.79 Å². The van der Waals surface area contributed by atoms with E-state index in [9.17, 15) is 4.79 Å². The van der Waals surface area contributed by atoms with Crippen molar-refractivity contribution in [3.63, 3.8) is 0 Å². The summed E-state index contributed by atoms with van der Waals surface area (Å²) in [6.07, 6.45) is 14.5. The maximum Gasteiger partial charge on any atom is 0.189 e. The van der Waals surface area contributed by atoms with E-state index >= 15 is 0 Å². The molecule has 118 valence electrons. The molecule has 0 radical (unpaired) electrons. The predicted octanol–water partition coefficient (Wildman–Crippen LogP) is 5.00. The average molecular weight is 284 g/mol. The zero-order valence-corrected chi connectivity index (χ0v) is 13.4. The van der Waals surface area contributed by atoms with Crippen LogP contribution < -0.4 is 0 Å². The smallest absolute Gasteiger partial charge is 0.189 e. The van der Waals surface area contributed by atoms with Gasteiger partial charge in [0, 0.05) is 0 Å². The Morgan fingerprint density at radius 1 is 0.900 bits per heavy atom. The van der Waals surface area contributed by atoms with Gasteiger partial charge >= 0.3 is 0 Å². The molecule has 0 saturated carbocycles. The summed E-state index contributed by atoms with van der Waals surface area (Å²) >= 11 is 0. The lowest BCUT2D eigenvalue weighted by molar-refractivity contribution is -0.111. The first-order chi connectivity index (χ1) is 9.85. The molecule has 0 unspecified atom stereocenters. The lowest BCUT2D eigenvalue weighted by Gasteiger charge is -2.06. The number of carbonyl (C=O) groups is 1. The zero-order valence-electron chi connectivity index (χ0n) is 13.4. The molecule has 0 saturated heterocycles. The van der Waals surface area contributed by atoms with Crippen LogP contribution in [0.3, 0.4) is 0 Å². The SMILES string of the molecule is CCCCCCCC/C=C(\C=O)OCOCCCCC. The first-order valence-electron chi connectivity index (χ1n) is 8.21. The van der Waals surface area contributed by atoms with Crippen molar-refractivity contribution >= 4 is 6.29 Å². The van der Waals surface area contributed by atoms with E-state index in [0.717, 1.165) is 25.5 Å². The van der Waals surface area contributed by atoms with Crippen LogP contribution in [0.15, 0.2) is 11.8 Å². The van der Waals surface area contributed by atoms with E-state index in [1.807, 2.05) is 6.08 Å². The molecule has 3 heteroatoms. The van der Waals surface area contributed by atoms with Crippen LogP contribution in [-0.2, 0) is 14.3 Å². The second-order valence-electron chi connectivity index (χ2n) is 5.16. The minimum atomic E-state index is 0.185. The van der Waals surface area contributed by atoms with Crippen LogP contribution >= 0.6 is 0 Å². The Morgan fingerprint density at radius 3 is 2.25 bits per heavy atom. The predicted molar refractivity (Wildman–Crippen MR) is 83.6 cm³/mol. The molecule has 20 heavy (non-hydrogen) atoms. The summed E-state index contributed by atoms with van der Waals surface area (Å²) in [5.41, 5.74) is 0. The standard InChI is InChI=1S/C17H32O3/c1-3-5-7-8-9-10-11-13-17(15-18)20-16-19-14-12-6-4-2/h13,15H,3-12,14,16H2,1-2H3/b17-13+. The fourth-order valence-electron chi connectivity index (χ4n) is 1.93. The van der Waals surface area contributed by atoms with Crippen molar-refractivity contribution in [1.82, 2.24) is 0 Å². The summed E-state index contributed by atoms with van der Waals surface area (Å²) in [4.78, 5) is 10.8. The Bertz CT molecular complexity index is 236. The third-order valence-corrected chi connectivity index (χ3v) is 3.22. The van der Waals surface area contributed by atoms with Crippen LogP contribution in [0.2, 0.25) is 0 Å². The molecular weight excluding hydrogens is 252 g/mol. The number of aldehydes is 1. The van der Waals surface area contributed by atoms with E-state index in [2.05, 4.69) is 13.8 Å². The molecule has 0 N–H and O–H groups in total. The Balaban J connectivity index is 3.48. The third-order valence-electron chi connectivity index (χ3n) is 3.22. The van der Waals surface area contributed by atoms with Gasteiger partial charge in [-0.15, -0.1) is 0 Å². The molecule has 0 aliphatic carbocycles. The van der Waals surface area contributed by atoms with Crippen LogP contribution in [0.5, 0.6) is 0 Å². The van der Waals surface area contributed by atoms with Crippen LogP contribution in [0, 0.1) is 0 Å². The van der Waals surface area contributed by atoms with Crippen LogP contribution in [0.1, 0.15) is 78.1 Å². The van der Waals surface area contributed by atoms with Gasteiger partial charge in [-0.25, -0.2) is 0 Å². The van der Waals surface area contributed by atoms with Gasteiger partial charge in [-0.05, 0) is 25.3 Å². The van der Waals surface area contributed by atoms with Crippen molar-refractivity contribution in [1.29, 1.82) is 0 Å². The number of ether oxygens (including phenoxy) is 2. The molecule has 0 bridgehead atoms. The minimum absolute atomic E-state index is 0.185. The van der Waals surface area contributed by atoms with Crippen LogP contribution in [-0.4, -0.2) is 19.7 Å². The first kappa shape index (κ1) is 19.2. The third kappa shape index (κ3) is 13.6. The minimum Gasteiger partial charge on any atom is -0.464 e. The largest absolute Gasteiger partial charge is 0.464 e. The second-order valence-corrected chi connectivity index (χ2v) is 5.16. The lowest BCUT2D eigenvalue weighted by atomic mass is 10.1. The summed E-state index contributed by atoms with van der Waals surface area (Å²) in [5, 5.41) is 0. The van der Waals surface area contributed by atoms with E-state index in [4.69, 9.17) is 9.47 Å². The molecule has 0 aromatic heterocycles. The molecule has 0 heterocycles. The molecule has 0 amide bonds. The highest BCUT2D eigenvalue weighted by Crippen LogP contribution is 2.08. The monoisotopic (exact) mass is 284 g/mol. The highest BCUT2D eigenvalue weighted by Gasteiger charge is 1.96. The molecule has 0 aromatic carbocycles. The summed E-state index contributed by atoms with van der Waals surface area (Å²) in [6, 6.07) is 0. The van der Waals surface area contributed by atoms with Gasteiger partial charge in [0.25, 0.3) is 0 Å². The maximum absolute atomic E-state index is 10.8. The molecule has 0 fully saturated rings. The first-order valence-corrected chi connectivity index (χ1v) is 8.21. The summed E-state index contributed by atoms with van der Waals surface area (Å²) in [7, 11) is 0.